The second kappa shape index (κ2) is 9.46. The van der Waals surface area contributed by atoms with Crippen LogP contribution >= 0.6 is 0 Å². The summed E-state index contributed by atoms with van der Waals surface area (Å²) in [7, 11) is 1.27. The number of rotatable bonds is 8. The molecule has 1 aliphatic carbocycles. The van der Waals surface area contributed by atoms with Crippen LogP contribution in [0.1, 0.15) is 37.7 Å². The molecule has 7 heteroatoms. The predicted molar refractivity (Wildman–Crippen MR) is 86.6 cm³/mol. The van der Waals surface area contributed by atoms with Gasteiger partial charge in [0.15, 0.2) is 11.6 Å². The summed E-state index contributed by atoms with van der Waals surface area (Å²) >= 11 is 0. The van der Waals surface area contributed by atoms with E-state index in [4.69, 9.17) is 4.74 Å². The van der Waals surface area contributed by atoms with E-state index in [0.29, 0.717) is 5.56 Å². The molecule has 1 aromatic rings. The standard InChI is InChI=1S/C18H23F2NO4/c1-24-18(23)8-9-21(11-13-6-7-15(19)16(20)10-13)17(22)12-25-14-4-2-3-5-14/h6-7,10,14H,2-5,8-9,11-12H2,1H3. The zero-order valence-corrected chi connectivity index (χ0v) is 14.3. The van der Waals surface area contributed by atoms with Crippen LogP contribution in [-0.2, 0) is 25.6 Å². The Hall–Kier alpha value is -2.02. The minimum atomic E-state index is -0.972. The maximum atomic E-state index is 13.4. The first-order valence-corrected chi connectivity index (χ1v) is 8.39. The van der Waals surface area contributed by atoms with Crippen molar-refractivity contribution >= 4 is 11.9 Å². The van der Waals surface area contributed by atoms with Gasteiger partial charge in [0, 0.05) is 13.1 Å². The van der Waals surface area contributed by atoms with Crippen molar-refractivity contribution in [3.63, 3.8) is 0 Å². The minimum absolute atomic E-state index is 0.0232. The van der Waals surface area contributed by atoms with E-state index in [2.05, 4.69) is 4.74 Å². The zero-order chi connectivity index (χ0) is 18.2. The number of benzene rings is 1. The Bertz CT molecular complexity index is 603. The van der Waals surface area contributed by atoms with E-state index in [1.165, 1.54) is 18.1 Å². The van der Waals surface area contributed by atoms with Crippen LogP contribution in [0, 0.1) is 11.6 Å². The van der Waals surface area contributed by atoms with Gasteiger partial charge in [0.05, 0.1) is 19.6 Å². The van der Waals surface area contributed by atoms with E-state index in [1.54, 1.807) is 0 Å². The molecule has 138 valence electrons. The monoisotopic (exact) mass is 355 g/mol. The largest absolute Gasteiger partial charge is 0.469 e. The van der Waals surface area contributed by atoms with E-state index in [-0.39, 0.29) is 38.1 Å². The minimum Gasteiger partial charge on any atom is -0.469 e. The molecule has 0 spiro atoms. The molecule has 0 aromatic heterocycles. The molecule has 2 rings (SSSR count). The number of esters is 1. The highest BCUT2D eigenvalue weighted by atomic mass is 19.2. The van der Waals surface area contributed by atoms with Crippen molar-refractivity contribution < 1.29 is 27.8 Å². The van der Waals surface area contributed by atoms with Crippen LogP contribution in [-0.4, -0.2) is 43.1 Å². The summed E-state index contributed by atoms with van der Waals surface area (Å²) in [5, 5.41) is 0. The summed E-state index contributed by atoms with van der Waals surface area (Å²) in [6.45, 7) is 0.106. The van der Waals surface area contributed by atoms with Crippen LogP contribution < -0.4 is 0 Å². The van der Waals surface area contributed by atoms with Gasteiger partial charge in [-0.15, -0.1) is 0 Å². The van der Waals surface area contributed by atoms with Crippen LogP contribution in [0.15, 0.2) is 18.2 Å². The Morgan fingerprint density at radius 3 is 2.56 bits per heavy atom. The van der Waals surface area contributed by atoms with Gasteiger partial charge in [0.25, 0.3) is 0 Å². The van der Waals surface area contributed by atoms with Gasteiger partial charge in [0.2, 0.25) is 5.91 Å². The predicted octanol–water partition coefficient (Wildman–Crippen LogP) is 2.82. The SMILES string of the molecule is COC(=O)CCN(Cc1ccc(F)c(F)c1)C(=O)COC1CCCC1. The fourth-order valence-electron chi connectivity index (χ4n) is 2.81. The quantitative estimate of drug-likeness (QED) is 0.673. The molecule has 1 aliphatic rings. The highest BCUT2D eigenvalue weighted by Crippen LogP contribution is 2.21. The lowest BCUT2D eigenvalue weighted by Crippen LogP contribution is -2.36. The number of ether oxygens (including phenoxy) is 2. The van der Waals surface area contributed by atoms with Crippen molar-refractivity contribution in [3.05, 3.63) is 35.4 Å². The smallest absolute Gasteiger partial charge is 0.307 e. The molecule has 1 amide bonds. The second-order valence-electron chi connectivity index (χ2n) is 6.11. The van der Waals surface area contributed by atoms with Gasteiger partial charge >= 0.3 is 5.97 Å². The van der Waals surface area contributed by atoms with Gasteiger partial charge < -0.3 is 14.4 Å². The van der Waals surface area contributed by atoms with Crippen LogP contribution in [0.2, 0.25) is 0 Å². The third kappa shape index (κ3) is 6.08. The van der Waals surface area contributed by atoms with Crippen molar-refractivity contribution in [1.82, 2.24) is 4.90 Å². The lowest BCUT2D eigenvalue weighted by molar-refractivity contribution is -0.143. The zero-order valence-electron chi connectivity index (χ0n) is 14.3. The summed E-state index contributed by atoms with van der Waals surface area (Å²) in [5.74, 6) is -2.65. The van der Waals surface area contributed by atoms with Crippen LogP contribution in [0.25, 0.3) is 0 Å². The van der Waals surface area contributed by atoms with Gasteiger partial charge in [-0.05, 0) is 30.5 Å². The first-order valence-electron chi connectivity index (χ1n) is 8.39. The molecule has 0 aliphatic heterocycles. The Morgan fingerprint density at radius 2 is 1.92 bits per heavy atom. The second-order valence-corrected chi connectivity index (χ2v) is 6.11. The highest BCUT2D eigenvalue weighted by Gasteiger charge is 2.21. The fourth-order valence-corrected chi connectivity index (χ4v) is 2.81. The summed E-state index contributed by atoms with van der Waals surface area (Å²) in [4.78, 5) is 25.2. The summed E-state index contributed by atoms with van der Waals surface area (Å²) in [5.41, 5.74) is 0.443. The number of carbonyl (C=O) groups excluding carboxylic acids is 2. The van der Waals surface area contributed by atoms with Crippen LogP contribution in [0.5, 0.6) is 0 Å². The molecular weight excluding hydrogens is 332 g/mol. The van der Waals surface area contributed by atoms with Gasteiger partial charge in [-0.1, -0.05) is 18.9 Å². The van der Waals surface area contributed by atoms with E-state index in [9.17, 15) is 18.4 Å². The van der Waals surface area contributed by atoms with Crippen molar-refractivity contribution in [2.75, 3.05) is 20.3 Å². The highest BCUT2D eigenvalue weighted by molar-refractivity contribution is 5.78. The average molecular weight is 355 g/mol. The Kier molecular flexibility index (Phi) is 7.31. The Labute approximate surface area is 145 Å². The lowest BCUT2D eigenvalue weighted by atomic mass is 10.2. The number of carbonyl (C=O) groups is 2. The Morgan fingerprint density at radius 1 is 1.20 bits per heavy atom. The molecule has 0 bridgehead atoms. The number of methoxy groups -OCH3 is 1. The number of hydrogen-bond donors (Lipinski definition) is 0. The summed E-state index contributed by atoms with van der Waals surface area (Å²) < 4.78 is 36.6. The molecule has 0 saturated heterocycles. The molecular formula is C18H23F2NO4. The lowest BCUT2D eigenvalue weighted by Gasteiger charge is -2.23. The topological polar surface area (TPSA) is 55.8 Å². The van der Waals surface area contributed by atoms with Crippen molar-refractivity contribution in [2.24, 2.45) is 0 Å². The van der Waals surface area contributed by atoms with E-state index in [0.717, 1.165) is 37.8 Å². The van der Waals surface area contributed by atoms with Gasteiger partial charge in [0.1, 0.15) is 6.61 Å². The number of nitrogens with zero attached hydrogens (tertiary/aromatic N) is 1. The molecule has 5 nitrogen and oxygen atoms in total. The molecule has 0 unspecified atom stereocenters. The van der Waals surface area contributed by atoms with Crippen LogP contribution in [0.3, 0.4) is 0 Å². The first-order chi connectivity index (χ1) is 12.0. The molecule has 0 N–H and O–H groups in total. The Balaban J connectivity index is 1.98. The molecule has 0 atom stereocenters. The van der Waals surface area contributed by atoms with Gasteiger partial charge in [-0.3, -0.25) is 9.59 Å². The molecule has 25 heavy (non-hydrogen) atoms. The first kappa shape index (κ1) is 19.3. The maximum Gasteiger partial charge on any atom is 0.307 e. The third-order valence-electron chi connectivity index (χ3n) is 4.27. The third-order valence-corrected chi connectivity index (χ3v) is 4.27. The number of halogens is 2. The summed E-state index contributed by atoms with van der Waals surface area (Å²) in [6.07, 6.45) is 4.20. The summed E-state index contributed by atoms with van der Waals surface area (Å²) in [6, 6.07) is 3.48. The molecule has 0 radical (unpaired) electrons. The number of hydrogen-bond acceptors (Lipinski definition) is 4. The average Bonchev–Trinajstić information content (AvgIpc) is 3.12. The van der Waals surface area contributed by atoms with E-state index in [1.807, 2.05) is 0 Å². The van der Waals surface area contributed by atoms with E-state index >= 15 is 0 Å². The van der Waals surface area contributed by atoms with Crippen LogP contribution in [0.4, 0.5) is 8.78 Å². The normalized spacial score (nSPS) is 14.5. The van der Waals surface area contributed by atoms with Crippen molar-refractivity contribution in [1.29, 1.82) is 0 Å². The number of amides is 1. The van der Waals surface area contributed by atoms with E-state index < -0.39 is 17.6 Å². The maximum absolute atomic E-state index is 13.4. The van der Waals surface area contributed by atoms with Gasteiger partial charge in [-0.2, -0.15) is 0 Å². The van der Waals surface area contributed by atoms with Gasteiger partial charge in [-0.25, -0.2) is 8.78 Å². The molecule has 1 aromatic carbocycles. The van der Waals surface area contributed by atoms with Crippen molar-refractivity contribution in [2.45, 2.75) is 44.8 Å². The fraction of sp³-hybridized carbons (Fsp3) is 0.556. The molecule has 0 heterocycles. The molecule has 1 saturated carbocycles. The van der Waals surface area contributed by atoms with Crippen molar-refractivity contribution in [3.8, 4) is 0 Å². The molecule has 1 fully saturated rings.